The van der Waals surface area contributed by atoms with Crippen LogP contribution in [-0.2, 0) is 9.52 Å². The molecule has 1 nitrogen and oxygen atoms in total. The summed E-state index contributed by atoms with van der Waals surface area (Å²) in [5.41, 5.74) is 3.25. The Morgan fingerprint density at radius 2 is 1.61 bits per heavy atom. The third kappa shape index (κ3) is 2.34. The van der Waals surface area contributed by atoms with Gasteiger partial charge in [0.15, 0.2) is 0 Å². The highest BCUT2D eigenvalue weighted by molar-refractivity contribution is 8.00. The molecule has 0 heterocycles. The van der Waals surface area contributed by atoms with Gasteiger partial charge >= 0.3 is 0 Å². The van der Waals surface area contributed by atoms with Crippen molar-refractivity contribution in [1.29, 1.82) is 0 Å². The van der Waals surface area contributed by atoms with Crippen LogP contribution in [0.3, 0.4) is 0 Å². The molecule has 0 aliphatic rings. The Morgan fingerprint density at radius 3 is 2.28 bits per heavy atom. The van der Waals surface area contributed by atoms with Crippen LogP contribution in [0.2, 0.25) is 0 Å². The summed E-state index contributed by atoms with van der Waals surface area (Å²) >= 11 is 0. The molecule has 0 saturated carbocycles. The molecule has 2 aromatic rings. The summed E-state index contributed by atoms with van der Waals surface area (Å²) in [5, 5.41) is 0. The fourth-order valence-electron chi connectivity index (χ4n) is 2.01. The molecular formula is C16H18OS. The summed E-state index contributed by atoms with van der Waals surface area (Å²) in [6, 6.07) is 13.8. The molecule has 0 aromatic heterocycles. The van der Waals surface area contributed by atoms with Crippen LogP contribution in [0.5, 0.6) is 0 Å². The summed E-state index contributed by atoms with van der Waals surface area (Å²) in [5.74, 6) is 3.98. The average Bonchev–Trinajstić information content (AvgIpc) is 2.32. The van der Waals surface area contributed by atoms with E-state index in [0.29, 0.717) is 0 Å². The second-order valence-corrected chi connectivity index (χ2v) is 7.02. The molecule has 94 valence electrons. The van der Waals surface area contributed by atoms with E-state index in [1.54, 1.807) is 0 Å². The van der Waals surface area contributed by atoms with Gasteiger partial charge in [-0.15, -0.1) is 0 Å². The van der Waals surface area contributed by atoms with Crippen LogP contribution in [0.1, 0.15) is 16.7 Å². The van der Waals surface area contributed by atoms with E-state index in [0.717, 1.165) is 26.5 Å². The maximum absolute atomic E-state index is 13.0. The first kappa shape index (κ1) is 12.9. The van der Waals surface area contributed by atoms with Crippen molar-refractivity contribution < 1.29 is 4.21 Å². The van der Waals surface area contributed by atoms with Gasteiger partial charge in [0.05, 0.1) is 0 Å². The molecule has 0 N–H and O–H groups in total. The molecule has 1 atom stereocenters. The molecule has 0 spiro atoms. The van der Waals surface area contributed by atoms with Crippen molar-refractivity contribution >= 4 is 15.4 Å². The number of hydrogen-bond acceptors (Lipinski definition) is 1. The summed E-state index contributed by atoms with van der Waals surface area (Å²) in [6.45, 7) is 5.99. The van der Waals surface area contributed by atoms with Crippen molar-refractivity contribution in [1.82, 2.24) is 0 Å². The molecule has 0 aliphatic carbocycles. The highest BCUT2D eigenvalue weighted by Crippen LogP contribution is 2.25. The molecule has 0 radical (unpaired) electrons. The summed E-state index contributed by atoms with van der Waals surface area (Å²) < 4.78 is 13.0. The zero-order valence-electron chi connectivity index (χ0n) is 11.1. The Labute approximate surface area is 109 Å². The van der Waals surface area contributed by atoms with Crippen LogP contribution in [0, 0.1) is 20.8 Å². The summed E-state index contributed by atoms with van der Waals surface area (Å²) in [6.07, 6.45) is 0. The third-order valence-electron chi connectivity index (χ3n) is 3.07. The number of rotatable bonds is 2. The first-order valence-corrected chi connectivity index (χ1v) is 7.65. The highest BCUT2D eigenvalue weighted by Gasteiger charge is 2.13. The minimum atomic E-state index is -2.41. The van der Waals surface area contributed by atoms with Crippen LogP contribution < -0.4 is 0 Å². The molecule has 0 bridgehead atoms. The fourth-order valence-corrected chi connectivity index (χ4v) is 3.90. The van der Waals surface area contributed by atoms with Crippen molar-refractivity contribution in [3.8, 4) is 0 Å². The zero-order valence-corrected chi connectivity index (χ0v) is 11.9. The van der Waals surface area contributed by atoms with Gasteiger partial charge in [0.25, 0.3) is 0 Å². The van der Waals surface area contributed by atoms with Gasteiger partial charge in [0, 0.05) is 19.3 Å². The van der Waals surface area contributed by atoms with Crippen molar-refractivity contribution in [3.05, 3.63) is 59.2 Å². The predicted octanol–water partition coefficient (Wildman–Crippen LogP) is 3.75. The Morgan fingerprint density at radius 1 is 0.944 bits per heavy atom. The minimum Gasteiger partial charge on any atom is -0.258 e. The Kier molecular flexibility index (Phi) is 3.31. The van der Waals surface area contributed by atoms with Crippen molar-refractivity contribution in [2.45, 2.75) is 30.6 Å². The first-order valence-electron chi connectivity index (χ1n) is 5.92. The molecule has 18 heavy (non-hydrogen) atoms. The number of benzene rings is 2. The van der Waals surface area contributed by atoms with Gasteiger partial charge in [-0.1, -0.05) is 24.3 Å². The topological polar surface area (TPSA) is 17.1 Å². The minimum absolute atomic E-state index is 0.802. The van der Waals surface area contributed by atoms with E-state index in [2.05, 4.69) is 5.87 Å². The van der Waals surface area contributed by atoms with E-state index >= 15 is 0 Å². The lowest BCUT2D eigenvalue weighted by atomic mass is 10.2. The Balaban J connectivity index is 2.65. The molecule has 2 aromatic carbocycles. The normalized spacial score (nSPS) is 14.2. The lowest BCUT2D eigenvalue weighted by Gasteiger charge is -2.14. The van der Waals surface area contributed by atoms with E-state index in [9.17, 15) is 4.21 Å². The van der Waals surface area contributed by atoms with Gasteiger partial charge in [-0.2, -0.15) is 0 Å². The van der Waals surface area contributed by atoms with Crippen LogP contribution in [0.15, 0.2) is 52.3 Å². The zero-order chi connectivity index (χ0) is 13.3. The Hall–Kier alpha value is -1.54. The molecule has 0 saturated heterocycles. The molecule has 2 heteroatoms. The largest absolute Gasteiger partial charge is 0.258 e. The van der Waals surface area contributed by atoms with Crippen molar-refractivity contribution in [3.63, 3.8) is 0 Å². The van der Waals surface area contributed by atoms with Gasteiger partial charge in [0.1, 0.15) is 0 Å². The SMILES string of the molecule is C=S(=O)(c1cccc(C)c1)c1cc(C)ccc1C. The predicted molar refractivity (Wildman–Crippen MR) is 78.9 cm³/mol. The van der Waals surface area contributed by atoms with Gasteiger partial charge < -0.3 is 0 Å². The number of hydrogen-bond donors (Lipinski definition) is 0. The molecule has 1 unspecified atom stereocenters. The fraction of sp³-hybridized carbons (Fsp3) is 0.188. The molecular weight excluding hydrogens is 240 g/mol. The van der Waals surface area contributed by atoms with E-state index in [1.807, 2.05) is 63.2 Å². The van der Waals surface area contributed by atoms with Gasteiger partial charge in [-0.05, 0) is 61.5 Å². The number of aryl methyl sites for hydroxylation is 3. The average molecular weight is 258 g/mol. The Bertz CT molecular complexity index is 682. The van der Waals surface area contributed by atoms with Gasteiger partial charge in [0.2, 0.25) is 0 Å². The maximum atomic E-state index is 13.0. The second kappa shape index (κ2) is 4.62. The van der Waals surface area contributed by atoms with Gasteiger partial charge in [-0.25, -0.2) is 0 Å². The molecule has 0 fully saturated rings. The van der Waals surface area contributed by atoms with Crippen LogP contribution in [-0.4, -0.2) is 10.1 Å². The second-order valence-electron chi connectivity index (χ2n) is 4.76. The lowest BCUT2D eigenvalue weighted by Crippen LogP contribution is -2.04. The first-order chi connectivity index (χ1) is 8.41. The van der Waals surface area contributed by atoms with Crippen LogP contribution in [0.25, 0.3) is 0 Å². The summed E-state index contributed by atoms with van der Waals surface area (Å²) in [7, 11) is -2.41. The molecule has 0 aliphatic heterocycles. The van der Waals surface area contributed by atoms with Crippen molar-refractivity contribution in [2.75, 3.05) is 0 Å². The van der Waals surface area contributed by atoms with Crippen LogP contribution >= 0.6 is 0 Å². The highest BCUT2D eigenvalue weighted by atomic mass is 32.2. The standard InChI is InChI=1S/C16H18OS/c1-12-6-5-7-15(10-12)18(4,17)16-11-13(2)8-9-14(16)3/h5-11H,4H2,1-3H3. The van der Waals surface area contributed by atoms with Gasteiger partial charge in [-0.3, -0.25) is 4.21 Å². The quantitative estimate of drug-likeness (QED) is 0.750. The third-order valence-corrected chi connectivity index (χ3v) is 5.23. The molecule has 0 amide bonds. The van der Waals surface area contributed by atoms with E-state index in [-0.39, 0.29) is 0 Å². The summed E-state index contributed by atoms with van der Waals surface area (Å²) in [4.78, 5) is 1.64. The maximum Gasteiger partial charge on any atom is 0.0382 e. The van der Waals surface area contributed by atoms with E-state index in [1.165, 1.54) is 0 Å². The van der Waals surface area contributed by atoms with Crippen LogP contribution in [0.4, 0.5) is 0 Å². The molecule has 2 rings (SSSR count). The lowest BCUT2D eigenvalue weighted by molar-refractivity contribution is 0.680. The van der Waals surface area contributed by atoms with E-state index < -0.39 is 9.52 Å². The van der Waals surface area contributed by atoms with Crippen molar-refractivity contribution in [2.24, 2.45) is 0 Å². The smallest absolute Gasteiger partial charge is 0.0382 e. The van der Waals surface area contributed by atoms with E-state index in [4.69, 9.17) is 0 Å². The monoisotopic (exact) mass is 258 g/mol.